The van der Waals surface area contributed by atoms with E-state index in [2.05, 4.69) is 15.6 Å². The van der Waals surface area contributed by atoms with Crippen LogP contribution in [0.4, 0.5) is 14.5 Å². The highest BCUT2D eigenvalue weighted by molar-refractivity contribution is 5.91. The number of benzene rings is 2. The molecule has 1 aromatic heterocycles. The van der Waals surface area contributed by atoms with Crippen LogP contribution in [0, 0.1) is 11.6 Å². The first-order valence-electron chi connectivity index (χ1n) is 9.49. The second kappa shape index (κ2) is 10.4. The Bertz CT molecular complexity index is 1070. The quantitative estimate of drug-likeness (QED) is 0.544. The lowest BCUT2D eigenvalue weighted by Gasteiger charge is -2.08. The Labute approximate surface area is 177 Å². The molecule has 7 nitrogen and oxygen atoms in total. The van der Waals surface area contributed by atoms with Gasteiger partial charge >= 0.3 is 0 Å². The van der Waals surface area contributed by atoms with Gasteiger partial charge in [-0.1, -0.05) is 12.1 Å². The summed E-state index contributed by atoms with van der Waals surface area (Å²) in [5.41, 5.74) is 1.52. The summed E-state index contributed by atoms with van der Waals surface area (Å²) >= 11 is 0. The molecule has 3 rings (SSSR count). The number of rotatable bonds is 9. The number of amides is 2. The Kier molecular flexibility index (Phi) is 7.45. The Balaban J connectivity index is 1.49. The van der Waals surface area contributed by atoms with Gasteiger partial charge in [-0.2, -0.15) is 0 Å². The first-order chi connectivity index (χ1) is 14.9. The van der Waals surface area contributed by atoms with E-state index in [4.69, 9.17) is 9.15 Å². The normalized spacial score (nSPS) is 10.7. The molecule has 3 aromatic rings. The first kappa shape index (κ1) is 22.1. The molecule has 0 aliphatic heterocycles. The fourth-order valence-electron chi connectivity index (χ4n) is 2.84. The Hall–Kier alpha value is -3.59. The number of hydrogen-bond donors (Lipinski definition) is 2. The summed E-state index contributed by atoms with van der Waals surface area (Å²) < 4.78 is 37.1. The Morgan fingerprint density at radius 3 is 2.74 bits per heavy atom. The Morgan fingerprint density at radius 2 is 1.97 bits per heavy atom. The zero-order valence-electron chi connectivity index (χ0n) is 16.8. The van der Waals surface area contributed by atoms with Crippen molar-refractivity contribution in [2.24, 2.45) is 0 Å². The number of carbonyl (C=O) groups is 2. The predicted molar refractivity (Wildman–Crippen MR) is 109 cm³/mol. The van der Waals surface area contributed by atoms with Gasteiger partial charge in [0.05, 0.1) is 11.8 Å². The van der Waals surface area contributed by atoms with E-state index in [1.165, 1.54) is 19.4 Å². The van der Waals surface area contributed by atoms with Crippen molar-refractivity contribution in [3.63, 3.8) is 0 Å². The lowest BCUT2D eigenvalue weighted by atomic mass is 10.2. The number of hydrogen-bond acceptors (Lipinski definition) is 5. The van der Waals surface area contributed by atoms with Gasteiger partial charge in [-0.3, -0.25) is 9.59 Å². The largest absolute Gasteiger partial charge is 0.441 e. The van der Waals surface area contributed by atoms with E-state index in [0.29, 0.717) is 5.69 Å². The third kappa shape index (κ3) is 6.45. The van der Waals surface area contributed by atoms with Crippen molar-refractivity contribution in [1.82, 2.24) is 10.3 Å². The van der Waals surface area contributed by atoms with Crippen LogP contribution in [0.3, 0.4) is 0 Å². The molecule has 9 heteroatoms. The van der Waals surface area contributed by atoms with Crippen LogP contribution in [0.15, 0.2) is 53.1 Å². The van der Waals surface area contributed by atoms with Gasteiger partial charge in [0.2, 0.25) is 11.8 Å². The average Bonchev–Trinajstić information content (AvgIpc) is 3.20. The third-order valence-electron chi connectivity index (χ3n) is 4.29. The minimum Gasteiger partial charge on any atom is -0.441 e. The molecule has 0 radical (unpaired) electrons. The number of oxazole rings is 1. The van der Waals surface area contributed by atoms with Crippen LogP contribution in [-0.4, -0.2) is 30.5 Å². The SMILES string of the molecule is COCC(=O)Nc1cccc(CNC(=O)CCc2ncc(-c3ccc(F)cc3F)o2)c1. The molecule has 0 saturated heterocycles. The summed E-state index contributed by atoms with van der Waals surface area (Å²) in [5.74, 6) is -1.48. The minimum absolute atomic E-state index is 0.0444. The summed E-state index contributed by atoms with van der Waals surface area (Å²) in [6.07, 6.45) is 1.69. The summed E-state index contributed by atoms with van der Waals surface area (Å²) in [5, 5.41) is 5.48. The highest BCUT2D eigenvalue weighted by atomic mass is 19.1. The molecule has 0 atom stereocenters. The van der Waals surface area contributed by atoms with Gasteiger partial charge in [-0.05, 0) is 29.8 Å². The predicted octanol–water partition coefficient (Wildman–Crippen LogP) is 3.45. The number of ether oxygens (including phenoxy) is 1. The molecule has 0 aliphatic carbocycles. The maximum Gasteiger partial charge on any atom is 0.250 e. The average molecular weight is 429 g/mol. The molecular formula is C22H21F2N3O4. The van der Waals surface area contributed by atoms with Crippen LogP contribution < -0.4 is 10.6 Å². The van der Waals surface area contributed by atoms with Crippen molar-refractivity contribution in [1.29, 1.82) is 0 Å². The van der Waals surface area contributed by atoms with Gasteiger partial charge in [0, 0.05) is 38.2 Å². The van der Waals surface area contributed by atoms with Crippen LogP contribution in [0.2, 0.25) is 0 Å². The van der Waals surface area contributed by atoms with Crippen LogP contribution in [0.1, 0.15) is 17.9 Å². The monoisotopic (exact) mass is 429 g/mol. The van der Waals surface area contributed by atoms with Gasteiger partial charge in [-0.15, -0.1) is 0 Å². The molecule has 2 aromatic carbocycles. The van der Waals surface area contributed by atoms with Crippen LogP contribution in [0.25, 0.3) is 11.3 Å². The van der Waals surface area contributed by atoms with Gasteiger partial charge in [0.1, 0.15) is 18.2 Å². The highest BCUT2D eigenvalue weighted by Crippen LogP contribution is 2.24. The standard InChI is InChI=1S/C22H21F2N3O4/c1-30-13-21(29)27-16-4-2-3-14(9-16)11-25-20(28)7-8-22-26-12-19(31-22)17-6-5-15(23)10-18(17)24/h2-6,9-10,12H,7-8,11,13H2,1H3,(H,25,28)(H,27,29). The van der Waals surface area contributed by atoms with Gasteiger partial charge < -0.3 is 19.8 Å². The maximum absolute atomic E-state index is 13.8. The number of halogens is 2. The topological polar surface area (TPSA) is 93.5 Å². The van der Waals surface area contributed by atoms with Crippen LogP contribution >= 0.6 is 0 Å². The highest BCUT2D eigenvalue weighted by Gasteiger charge is 2.13. The van der Waals surface area contributed by atoms with E-state index in [1.807, 2.05) is 6.07 Å². The van der Waals surface area contributed by atoms with Crippen molar-refractivity contribution < 1.29 is 27.5 Å². The maximum atomic E-state index is 13.8. The van der Waals surface area contributed by atoms with Crippen molar-refractivity contribution in [2.45, 2.75) is 19.4 Å². The van der Waals surface area contributed by atoms with E-state index in [0.717, 1.165) is 17.7 Å². The molecule has 2 amide bonds. The Morgan fingerprint density at radius 1 is 1.13 bits per heavy atom. The van der Waals surface area contributed by atoms with Crippen molar-refractivity contribution in [3.05, 3.63) is 71.8 Å². The lowest BCUT2D eigenvalue weighted by molar-refractivity contribution is -0.121. The second-order valence-electron chi connectivity index (χ2n) is 6.70. The third-order valence-corrected chi connectivity index (χ3v) is 4.29. The molecule has 0 unspecified atom stereocenters. The van der Waals surface area contributed by atoms with E-state index in [-0.39, 0.29) is 55.0 Å². The zero-order valence-corrected chi connectivity index (χ0v) is 16.8. The van der Waals surface area contributed by atoms with E-state index in [1.54, 1.807) is 18.2 Å². The van der Waals surface area contributed by atoms with E-state index >= 15 is 0 Å². The molecule has 0 aliphatic rings. The van der Waals surface area contributed by atoms with Gasteiger partial charge in [-0.25, -0.2) is 13.8 Å². The number of anilines is 1. The first-order valence-corrected chi connectivity index (χ1v) is 9.49. The van der Waals surface area contributed by atoms with Gasteiger partial charge in [0.25, 0.3) is 0 Å². The van der Waals surface area contributed by atoms with Crippen LogP contribution in [0.5, 0.6) is 0 Å². The molecule has 2 N–H and O–H groups in total. The second-order valence-corrected chi connectivity index (χ2v) is 6.70. The smallest absolute Gasteiger partial charge is 0.250 e. The molecule has 162 valence electrons. The zero-order chi connectivity index (χ0) is 22.2. The number of aromatic nitrogens is 1. The number of aryl methyl sites for hydroxylation is 1. The molecule has 1 heterocycles. The lowest BCUT2D eigenvalue weighted by Crippen LogP contribution is -2.23. The molecule has 0 spiro atoms. The van der Waals surface area contributed by atoms with Crippen LogP contribution in [-0.2, 0) is 27.3 Å². The van der Waals surface area contributed by atoms with Crippen molar-refractivity contribution in [2.75, 3.05) is 19.0 Å². The molecule has 0 fully saturated rings. The molecular weight excluding hydrogens is 408 g/mol. The number of methoxy groups -OCH3 is 1. The minimum atomic E-state index is -0.749. The van der Waals surface area contributed by atoms with E-state index < -0.39 is 11.6 Å². The summed E-state index contributed by atoms with van der Waals surface area (Å²) in [6.45, 7) is 0.238. The molecule has 0 bridgehead atoms. The fraction of sp³-hybridized carbons (Fsp3) is 0.227. The fourth-order valence-corrected chi connectivity index (χ4v) is 2.84. The van der Waals surface area contributed by atoms with Gasteiger partial charge in [0.15, 0.2) is 11.7 Å². The molecule has 0 saturated carbocycles. The molecule has 31 heavy (non-hydrogen) atoms. The number of nitrogens with zero attached hydrogens (tertiary/aromatic N) is 1. The van der Waals surface area contributed by atoms with E-state index in [9.17, 15) is 18.4 Å². The summed E-state index contributed by atoms with van der Waals surface area (Å²) in [6, 6.07) is 10.3. The van der Waals surface area contributed by atoms with Crippen molar-refractivity contribution >= 4 is 17.5 Å². The summed E-state index contributed by atoms with van der Waals surface area (Å²) in [4.78, 5) is 27.8. The summed E-state index contributed by atoms with van der Waals surface area (Å²) in [7, 11) is 1.44. The number of carbonyl (C=O) groups excluding carboxylic acids is 2. The number of nitrogens with one attached hydrogen (secondary N) is 2. The van der Waals surface area contributed by atoms with Crippen molar-refractivity contribution in [3.8, 4) is 11.3 Å².